The van der Waals surface area contributed by atoms with E-state index in [0.29, 0.717) is 18.0 Å². The van der Waals surface area contributed by atoms with Crippen LogP contribution in [0.5, 0.6) is 0 Å². The molecule has 0 atom stereocenters. The molecular weight excluding hydrogens is 242 g/mol. The number of imidazole rings is 1. The van der Waals surface area contributed by atoms with Crippen molar-refractivity contribution in [3.05, 3.63) is 22.4 Å². The number of anilines is 1. The van der Waals surface area contributed by atoms with Gasteiger partial charge in [-0.15, -0.1) is 5.10 Å². The Bertz CT molecular complexity index is 695. The molecule has 0 unspecified atom stereocenters. The lowest BCUT2D eigenvalue weighted by Gasteiger charge is -2.32. The van der Waals surface area contributed by atoms with Gasteiger partial charge in [-0.3, -0.25) is 9.36 Å². The third-order valence-corrected chi connectivity index (χ3v) is 3.51. The molecule has 0 radical (unpaired) electrons. The minimum atomic E-state index is -0.0234. The SMILES string of the molecule is CC(C)c1ncc2c(=O)n3c(nn12)NCC(C)(C)C3. The first-order chi connectivity index (χ1) is 8.89. The van der Waals surface area contributed by atoms with E-state index in [2.05, 4.69) is 29.2 Å². The van der Waals surface area contributed by atoms with E-state index in [9.17, 15) is 4.79 Å². The topological polar surface area (TPSA) is 64.2 Å². The molecule has 0 fully saturated rings. The summed E-state index contributed by atoms with van der Waals surface area (Å²) in [5.74, 6) is 1.69. The molecule has 1 N–H and O–H groups in total. The van der Waals surface area contributed by atoms with Gasteiger partial charge in [0.05, 0.1) is 6.20 Å². The first-order valence-electron chi connectivity index (χ1n) is 6.61. The van der Waals surface area contributed by atoms with E-state index in [-0.39, 0.29) is 16.9 Å². The van der Waals surface area contributed by atoms with Gasteiger partial charge in [-0.25, -0.2) is 9.50 Å². The summed E-state index contributed by atoms with van der Waals surface area (Å²) >= 11 is 0. The number of hydrogen-bond acceptors (Lipinski definition) is 4. The van der Waals surface area contributed by atoms with Crippen molar-refractivity contribution in [2.24, 2.45) is 5.41 Å². The van der Waals surface area contributed by atoms with Crippen molar-refractivity contribution in [1.82, 2.24) is 19.2 Å². The Labute approximate surface area is 111 Å². The number of aromatic nitrogens is 4. The Morgan fingerprint density at radius 3 is 2.84 bits per heavy atom. The molecule has 1 aliphatic rings. The van der Waals surface area contributed by atoms with Gasteiger partial charge in [0.1, 0.15) is 5.82 Å². The predicted molar refractivity (Wildman–Crippen MR) is 73.6 cm³/mol. The summed E-state index contributed by atoms with van der Waals surface area (Å²) in [6.45, 7) is 9.86. The van der Waals surface area contributed by atoms with Gasteiger partial charge < -0.3 is 5.32 Å². The Morgan fingerprint density at radius 2 is 2.16 bits per heavy atom. The molecule has 1 aliphatic heterocycles. The van der Waals surface area contributed by atoms with Gasteiger partial charge in [-0.05, 0) is 0 Å². The van der Waals surface area contributed by atoms with Gasteiger partial charge in [0.15, 0.2) is 5.52 Å². The van der Waals surface area contributed by atoms with Crippen molar-refractivity contribution in [2.45, 2.75) is 40.2 Å². The molecule has 2 aromatic rings. The van der Waals surface area contributed by atoms with Crippen LogP contribution in [0.3, 0.4) is 0 Å². The lowest BCUT2D eigenvalue weighted by molar-refractivity contribution is 0.301. The summed E-state index contributed by atoms with van der Waals surface area (Å²) in [6.07, 6.45) is 1.62. The fourth-order valence-electron chi connectivity index (χ4n) is 2.47. The average molecular weight is 261 g/mol. The number of hydrogen-bond donors (Lipinski definition) is 1. The maximum atomic E-state index is 12.5. The van der Waals surface area contributed by atoms with Gasteiger partial charge in [-0.2, -0.15) is 0 Å². The normalized spacial score (nSPS) is 17.5. The van der Waals surface area contributed by atoms with Gasteiger partial charge >= 0.3 is 0 Å². The van der Waals surface area contributed by atoms with Crippen molar-refractivity contribution < 1.29 is 0 Å². The number of nitrogens with zero attached hydrogens (tertiary/aromatic N) is 4. The first-order valence-corrected chi connectivity index (χ1v) is 6.61. The van der Waals surface area contributed by atoms with E-state index in [4.69, 9.17) is 0 Å². The Morgan fingerprint density at radius 1 is 1.42 bits per heavy atom. The first kappa shape index (κ1) is 12.2. The molecule has 102 valence electrons. The van der Waals surface area contributed by atoms with E-state index in [1.807, 2.05) is 13.8 Å². The zero-order valence-corrected chi connectivity index (χ0v) is 11.8. The fraction of sp³-hybridized carbons (Fsp3) is 0.615. The summed E-state index contributed by atoms with van der Waals surface area (Å²) < 4.78 is 3.38. The molecule has 0 amide bonds. The van der Waals surface area contributed by atoms with Gasteiger partial charge in [0.25, 0.3) is 5.56 Å². The zero-order valence-electron chi connectivity index (χ0n) is 11.8. The Kier molecular flexibility index (Phi) is 2.45. The van der Waals surface area contributed by atoms with E-state index >= 15 is 0 Å². The molecule has 3 heterocycles. The third kappa shape index (κ3) is 1.82. The Balaban J connectivity index is 2.27. The largest absolute Gasteiger partial charge is 0.354 e. The second-order valence-electron chi connectivity index (χ2n) is 6.30. The van der Waals surface area contributed by atoms with Crippen LogP contribution < -0.4 is 10.9 Å². The maximum absolute atomic E-state index is 12.5. The molecule has 0 aliphatic carbocycles. The summed E-state index contributed by atoms with van der Waals surface area (Å²) in [5, 5.41) is 7.77. The summed E-state index contributed by atoms with van der Waals surface area (Å²) in [5.41, 5.74) is 0.578. The molecule has 0 aromatic carbocycles. The van der Waals surface area contributed by atoms with Crippen LogP contribution in [0.1, 0.15) is 39.4 Å². The average Bonchev–Trinajstić information content (AvgIpc) is 2.74. The highest BCUT2D eigenvalue weighted by Crippen LogP contribution is 2.24. The summed E-state index contributed by atoms with van der Waals surface area (Å²) in [4.78, 5) is 16.8. The van der Waals surface area contributed by atoms with Gasteiger partial charge in [-0.1, -0.05) is 27.7 Å². The van der Waals surface area contributed by atoms with Crippen molar-refractivity contribution >= 4 is 11.5 Å². The Hall–Kier alpha value is -1.85. The highest BCUT2D eigenvalue weighted by atomic mass is 16.1. The van der Waals surface area contributed by atoms with Crippen molar-refractivity contribution in [1.29, 1.82) is 0 Å². The molecule has 3 rings (SSSR count). The van der Waals surface area contributed by atoms with E-state index in [0.717, 1.165) is 12.4 Å². The third-order valence-electron chi connectivity index (χ3n) is 3.51. The second-order valence-corrected chi connectivity index (χ2v) is 6.30. The van der Waals surface area contributed by atoms with Crippen LogP contribution in [0.15, 0.2) is 11.0 Å². The van der Waals surface area contributed by atoms with Crippen molar-refractivity contribution in [3.63, 3.8) is 0 Å². The van der Waals surface area contributed by atoms with Crippen molar-refractivity contribution in [2.75, 3.05) is 11.9 Å². The van der Waals surface area contributed by atoms with Gasteiger partial charge in [0, 0.05) is 24.4 Å². The highest BCUT2D eigenvalue weighted by molar-refractivity contribution is 5.46. The summed E-state index contributed by atoms with van der Waals surface area (Å²) in [6, 6.07) is 0. The van der Waals surface area contributed by atoms with E-state index in [1.165, 1.54) is 0 Å². The standard InChI is InChI=1S/C13H19N5O/c1-8(2)10-14-5-9-11(19)17-7-13(3,4)6-15-12(17)16-18(9)10/h5,8H,6-7H2,1-4H3,(H,15,16). The van der Waals surface area contributed by atoms with E-state index in [1.54, 1.807) is 15.3 Å². The van der Waals surface area contributed by atoms with Crippen LogP contribution in [0, 0.1) is 5.41 Å². The summed E-state index contributed by atoms with van der Waals surface area (Å²) in [7, 11) is 0. The monoisotopic (exact) mass is 261 g/mol. The molecule has 6 heteroatoms. The van der Waals surface area contributed by atoms with Crippen LogP contribution in [0.2, 0.25) is 0 Å². The predicted octanol–water partition coefficient (Wildman–Crippen LogP) is 1.47. The lowest BCUT2D eigenvalue weighted by Crippen LogP contribution is -2.41. The second kappa shape index (κ2) is 3.82. The molecule has 0 saturated carbocycles. The van der Waals surface area contributed by atoms with Crippen LogP contribution >= 0.6 is 0 Å². The lowest BCUT2D eigenvalue weighted by atomic mass is 9.92. The number of rotatable bonds is 1. The van der Waals surface area contributed by atoms with Gasteiger partial charge in [0.2, 0.25) is 5.95 Å². The zero-order chi connectivity index (χ0) is 13.8. The van der Waals surface area contributed by atoms with E-state index < -0.39 is 0 Å². The quantitative estimate of drug-likeness (QED) is 0.844. The van der Waals surface area contributed by atoms with Crippen LogP contribution in [-0.2, 0) is 6.54 Å². The minimum Gasteiger partial charge on any atom is -0.354 e. The molecule has 0 spiro atoms. The fourth-order valence-corrected chi connectivity index (χ4v) is 2.47. The molecular formula is C13H19N5O. The molecule has 19 heavy (non-hydrogen) atoms. The molecule has 2 aromatic heterocycles. The van der Waals surface area contributed by atoms with Crippen LogP contribution in [0.25, 0.3) is 5.52 Å². The number of nitrogens with one attached hydrogen (secondary N) is 1. The highest BCUT2D eigenvalue weighted by Gasteiger charge is 2.28. The van der Waals surface area contributed by atoms with Crippen molar-refractivity contribution in [3.8, 4) is 0 Å². The van der Waals surface area contributed by atoms with Crippen LogP contribution in [0.4, 0.5) is 5.95 Å². The maximum Gasteiger partial charge on any atom is 0.280 e. The minimum absolute atomic E-state index is 0.0234. The molecule has 0 saturated heterocycles. The molecule has 0 bridgehead atoms. The smallest absolute Gasteiger partial charge is 0.280 e. The molecule has 6 nitrogen and oxygen atoms in total. The number of fused-ring (bicyclic) bond motifs is 2. The van der Waals surface area contributed by atoms with Crippen LogP contribution in [-0.4, -0.2) is 25.7 Å².